The molecule has 0 aliphatic carbocycles. The van der Waals surface area contributed by atoms with Crippen LogP contribution in [0.4, 0.5) is 4.39 Å². The number of halogens is 1. The van der Waals surface area contributed by atoms with Crippen LogP contribution >= 0.6 is 11.8 Å². The molecule has 1 heterocycles. The third-order valence-electron chi connectivity index (χ3n) is 3.54. The molecule has 3 rings (SSSR count). The Morgan fingerprint density at radius 2 is 2.04 bits per heavy atom. The van der Waals surface area contributed by atoms with Crippen molar-refractivity contribution in [2.24, 2.45) is 5.10 Å². The van der Waals surface area contributed by atoms with Gasteiger partial charge in [-0.1, -0.05) is 36.0 Å². The lowest BCUT2D eigenvalue weighted by Gasteiger charge is -2.04. The van der Waals surface area contributed by atoms with Crippen molar-refractivity contribution in [1.29, 1.82) is 0 Å². The molecule has 0 aliphatic rings. The van der Waals surface area contributed by atoms with Crippen molar-refractivity contribution < 1.29 is 9.18 Å². The van der Waals surface area contributed by atoms with E-state index in [1.807, 2.05) is 31.2 Å². The van der Waals surface area contributed by atoms with Crippen LogP contribution in [0.2, 0.25) is 0 Å². The Balaban J connectivity index is 1.58. The molecule has 128 valence electrons. The van der Waals surface area contributed by atoms with Gasteiger partial charge in [-0.25, -0.2) is 14.8 Å². The summed E-state index contributed by atoms with van der Waals surface area (Å²) in [7, 11) is 0. The van der Waals surface area contributed by atoms with Gasteiger partial charge in [0.2, 0.25) is 0 Å². The van der Waals surface area contributed by atoms with Crippen LogP contribution in [0.3, 0.4) is 0 Å². The lowest BCUT2D eigenvalue weighted by molar-refractivity contribution is -0.118. The smallest absolute Gasteiger partial charge is 0.250 e. The molecule has 1 N–H and O–H groups in total. The van der Waals surface area contributed by atoms with Crippen LogP contribution in [0, 0.1) is 5.82 Å². The Hall–Kier alpha value is -2.67. The molecule has 7 heteroatoms. The fourth-order valence-electron chi connectivity index (χ4n) is 2.36. The van der Waals surface area contributed by atoms with Crippen LogP contribution < -0.4 is 5.43 Å². The lowest BCUT2D eigenvalue weighted by atomic mass is 10.2. The van der Waals surface area contributed by atoms with Crippen LogP contribution in [0.25, 0.3) is 11.0 Å². The molecule has 1 amide bonds. The molecule has 5 nitrogen and oxygen atoms in total. The van der Waals surface area contributed by atoms with Gasteiger partial charge in [0.15, 0.2) is 5.16 Å². The van der Waals surface area contributed by atoms with Crippen molar-refractivity contribution in [3.8, 4) is 0 Å². The van der Waals surface area contributed by atoms with Crippen LogP contribution in [0.15, 0.2) is 58.8 Å². The number of carbonyl (C=O) groups excluding carboxylic acids is 1. The monoisotopic (exact) mass is 356 g/mol. The molecule has 0 fully saturated rings. The van der Waals surface area contributed by atoms with Gasteiger partial charge < -0.3 is 4.57 Å². The maximum Gasteiger partial charge on any atom is 0.250 e. The molecule has 0 saturated heterocycles. The highest BCUT2D eigenvalue weighted by atomic mass is 32.2. The normalized spacial score (nSPS) is 11.3. The first-order valence-corrected chi connectivity index (χ1v) is 8.81. The Morgan fingerprint density at radius 3 is 2.80 bits per heavy atom. The fourth-order valence-corrected chi connectivity index (χ4v) is 3.23. The highest BCUT2D eigenvalue weighted by Gasteiger charge is 2.11. The van der Waals surface area contributed by atoms with Crippen molar-refractivity contribution in [3.05, 3.63) is 59.9 Å². The first-order valence-electron chi connectivity index (χ1n) is 7.83. The van der Waals surface area contributed by atoms with Gasteiger partial charge in [0.1, 0.15) is 5.82 Å². The number of carbonyl (C=O) groups is 1. The van der Waals surface area contributed by atoms with Gasteiger partial charge in [0, 0.05) is 6.54 Å². The van der Waals surface area contributed by atoms with E-state index in [-0.39, 0.29) is 17.5 Å². The molecule has 0 radical (unpaired) electrons. The number of imidazole rings is 1. The topological polar surface area (TPSA) is 59.3 Å². The number of benzene rings is 2. The number of nitrogens with one attached hydrogen (secondary N) is 1. The molecule has 2 aromatic carbocycles. The zero-order valence-corrected chi connectivity index (χ0v) is 14.5. The molecule has 3 aromatic rings. The van der Waals surface area contributed by atoms with E-state index >= 15 is 0 Å². The first-order chi connectivity index (χ1) is 12.2. The number of aryl methyl sites for hydroxylation is 1. The maximum absolute atomic E-state index is 12.8. The van der Waals surface area contributed by atoms with E-state index < -0.39 is 0 Å². The molecule has 0 atom stereocenters. The van der Waals surface area contributed by atoms with E-state index in [1.165, 1.54) is 30.1 Å². The van der Waals surface area contributed by atoms with E-state index in [0.29, 0.717) is 5.56 Å². The minimum absolute atomic E-state index is 0.212. The number of thioether (sulfide) groups is 1. The predicted octanol–water partition coefficient (Wildman–Crippen LogP) is 3.44. The van der Waals surface area contributed by atoms with Crippen LogP contribution in [0.1, 0.15) is 12.5 Å². The molecule has 0 aliphatic heterocycles. The predicted molar refractivity (Wildman–Crippen MR) is 98.3 cm³/mol. The number of fused-ring (bicyclic) bond motifs is 1. The number of rotatable bonds is 6. The van der Waals surface area contributed by atoms with E-state index in [9.17, 15) is 9.18 Å². The zero-order valence-electron chi connectivity index (χ0n) is 13.6. The molecule has 0 bridgehead atoms. The zero-order chi connectivity index (χ0) is 17.6. The molecule has 1 aromatic heterocycles. The van der Waals surface area contributed by atoms with Gasteiger partial charge in [-0.2, -0.15) is 5.10 Å². The first kappa shape index (κ1) is 17.2. The number of nitrogens with zero attached hydrogens (tertiary/aromatic N) is 3. The minimum atomic E-state index is -0.309. The second kappa shape index (κ2) is 7.94. The summed E-state index contributed by atoms with van der Waals surface area (Å²) in [4.78, 5) is 16.5. The minimum Gasteiger partial charge on any atom is -0.319 e. The number of hydrazone groups is 1. The van der Waals surface area contributed by atoms with Gasteiger partial charge in [0.05, 0.1) is 23.0 Å². The number of para-hydroxylation sites is 2. The average Bonchev–Trinajstić information content (AvgIpc) is 2.99. The number of amides is 1. The summed E-state index contributed by atoms with van der Waals surface area (Å²) in [6.45, 7) is 2.83. The Bertz CT molecular complexity index is 905. The van der Waals surface area contributed by atoms with Crippen molar-refractivity contribution in [2.75, 3.05) is 5.75 Å². The second-order valence-electron chi connectivity index (χ2n) is 5.26. The molecule has 0 unspecified atom stereocenters. The molecule has 25 heavy (non-hydrogen) atoms. The van der Waals surface area contributed by atoms with Gasteiger partial charge in [-0.15, -0.1) is 0 Å². The maximum atomic E-state index is 12.8. The third-order valence-corrected chi connectivity index (χ3v) is 4.52. The molecule has 0 saturated carbocycles. The van der Waals surface area contributed by atoms with Crippen molar-refractivity contribution in [1.82, 2.24) is 15.0 Å². The second-order valence-corrected chi connectivity index (χ2v) is 6.20. The number of aromatic nitrogens is 2. The fraction of sp³-hybridized carbons (Fsp3) is 0.167. The molecular weight excluding hydrogens is 339 g/mol. The van der Waals surface area contributed by atoms with Crippen LogP contribution in [-0.4, -0.2) is 27.4 Å². The van der Waals surface area contributed by atoms with Crippen molar-refractivity contribution in [2.45, 2.75) is 18.6 Å². The summed E-state index contributed by atoms with van der Waals surface area (Å²) < 4.78 is 14.9. The van der Waals surface area contributed by atoms with Gasteiger partial charge in [-0.05, 0) is 36.8 Å². The SMILES string of the molecule is CCn1c(SCC(=O)NN=Cc2ccc(F)cc2)nc2ccccc21. The van der Waals surface area contributed by atoms with E-state index in [1.54, 1.807) is 12.1 Å². The molecular formula is C18H17FN4OS. The summed E-state index contributed by atoms with van der Waals surface area (Å²) in [5.41, 5.74) is 5.15. The average molecular weight is 356 g/mol. The summed E-state index contributed by atoms with van der Waals surface area (Å²) in [6.07, 6.45) is 1.48. The van der Waals surface area contributed by atoms with E-state index in [4.69, 9.17) is 0 Å². The van der Waals surface area contributed by atoms with Gasteiger partial charge in [0.25, 0.3) is 5.91 Å². The summed E-state index contributed by atoms with van der Waals surface area (Å²) in [5.74, 6) is -0.321. The largest absolute Gasteiger partial charge is 0.319 e. The summed E-state index contributed by atoms with van der Waals surface area (Å²) in [5, 5.41) is 4.69. The summed E-state index contributed by atoms with van der Waals surface area (Å²) in [6, 6.07) is 13.7. The van der Waals surface area contributed by atoms with Crippen molar-refractivity contribution >= 4 is 34.9 Å². The quantitative estimate of drug-likeness (QED) is 0.418. The van der Waals surface area contributed by atoms with E-state index in [2.05, 4.69) is 20.1 Å². The van der Waals surface area contributed by atoms with E-state index in [0.717, 1.165) is 22.7 Å². The third kappa shape index (κ3) is 4.24. The molecule has 0 spiro atoms. The Labute approximate surface area is 148 Å². The highest BCUT2D eigenvalue weighted by Crippen LogP contribution is 2.23. The number of hydrogen-bond acceptors (Lipinski definition) is 4. The standard InChI is InChI=1S/C18H17FN4OS/c1-2-23-16-6-4-3-5-15(16)21-18(23)25-12-17(24)22-20-11-13-7-9-14(19)10-8-13/h3-11H,2,12H2,1H3,(H,22,24). The lowest BCUT2D eigenvalue weighted by Crippen LogP contribution is -2.20. The summed E-state index contributed by atoms with van der Waals surface area (Å²) >= 11 is 1.37. The van der Waals surface area contributed by atoms with Gasteiger partial charge >= 0.3 is 0 Å². The van der Waals surface area contributed by atoms with Crippen LogP contribution in [-0.2, 0) is 11.3 Å². The van der Waals surface area contributed by atoms with Crippen molar-refractivity contribution in [3.63, 3.8) is 0 Å². The number of hydrogen-bond donors (Lipinski definition) is 1. The highest BCUT2D eigenvalue weighted by molar-refractivity contribution is 7.99. The Kier molecular flexibility index (Phi) is 5.45. The Morgan fingerprint density at radius 1 is 1.28 bits per heavy atom. The van der Waals surface area contributed by atoms with Crippen LogP contribution in [0.5, 0.6) is 0 Å². The van der Waals surface area contributed by atoms with Gasteiger partial charge in [-0.3, -0.25) is 4.79 Å².